The van der Waals surface area contributed by atoms with Gasteiger partial charge in [0.15, 0.2) is 17.0 Å². The molecule has 1 heterocycles. The highest BCUT2D eigenvalue weighted by Crippen LogP contribution is 2.29. The fourth-order valence-electron chi connectivity index (χ4n) is 2.95. The number of esters is 1. The monoisotopic (exact) mass is 385 g/mol. The third-order valence-corrected chi connectivity index (χ3v) is 5.62. The molecule has 6 nitrogen and oxygen atoms in total. The quantitative estimate of drug-likeness (QED) is 0.475. The topological polar surface area (TPSA) is 81.2 Å². The normalized spacial score (nSPS) is 24.4. The summed E-state index contributed by atoms with van der Waals surface area (Å²) in [6, 6.07) is 0.114. The molecule has 1 aromatic heterocycles. The first-order valence-electron chi connectivity index (χ1n) is 8.41. The van der Waals surface area contributed by atoms with Crippen LogP contribution in [0.3, 0.4) is 0 Å². The van der Waals surface area contributed by atoms with Crippen LogP contribution in [-0.4, -0.2) is 40.2 Å². The molecule has 0 bridgehead atoms. The van der Waals surface area contributed by atoms with Crippen molar-refractivity contribution in [3.63, 3.8) is 0 Å². The van der Waals surface area contributed by atoms with Gasteiger partial charge in [-0.05, 0) is 31.4 Å². The van der Waals surface area contributed by atoms with Gasteiger partial charge < -0.3 is 10.1 Å². The molecule has 8 heteroatoms. The Morgan fingerprint density at radius 3 is 2.80 bits per heavy atom. The number of hydrogen-bond acceptors (Lipinski definition) is 6. The molecule has 0 radical (unpaired) electrons. The summed E-state index contributed by atoms with van der Waals surface area (Å²) in [5, 5.41) is 3.52. The van der Waals surface area contributed by atoms with Crippen LogP contribution in [0.2, 0.25) is 5.02 Å². The van der Waals surface area contributed by atoms with Crippen LogP contribution in [0.15, 0.2) is 11.4 Å². The molecule has 4 atom stereocenters. The molecule has 138 valence electrons. The van der Waals surface area contributed by atoms with Crippen molar-refractivity contribution in [2.75, 3.05) is 6.26 Å². The summed E-state index contributed by atoms with van der Waals surface area (Å²) in [5.41, 5.74) is -0.0275. The fourth-order valence-corrected chi connectivity index (χ4v) is 3.46. The molecule has 1 N–H and O–H groups in total. The molecule has 1 aromatic rings. The molecular formula is C17H24ClN3O3S. The number of rotatable bonds is 5. The molecule has 1 amide bonds. The molecule has 1 saturated carbocycles. The van der Waals surface area contributed by atoms with E-state index in [0.717, 1.165) is 12.8 Å². The minimum absolute atomic E-state index is 0.0275. The first-order valence-corrected chi connectivity index (χ1v) is 10.0. The van der Waals surface area contributed by atoms with Gasteiger partial charge >= 0.3 is 5.97 Å². The molecular weight excluding hydrogens is 362 g/mol. The van der Waals surface area contributed by atoms with Crippen molar-refractivity contribution in [3.8, 4) is 0 Å². The van der Waals surface area contributed by atoms with Crippen LogP contribution in [0.1, 0.15) is 50.5 Å². The van der Waals surface area contributed by atoms with E-state index in [-0.39, 0.29) is 22.7 Å². The number of nitrogens with one attached hydrogen (secondary N) is 1. The second-order valence-electron chi connectivity index (χ2n) is 6.48. The van der Waals surface area contributed by atoms with Gasteiger partial charge in [0.25, 0.3) is 5.91 Å². The van der Waals surface area contributed by atoms with E-state index >= 15 is 0 Å². The van der Waals surface area contributed by atoms with Crippen LogP contribution >= 0.6 is 23.4 Å². The zero-order valence-electron chi connectivity index (χ0n) is 14.9. The second-order valence-corrected chi connectivity index (χ2v) is 7.66. The Morgan fingerprint density at radius 2 is 2.12 bits per heavy atom. The third-order valence-electron chi connectivity index (χ3n) is 4.79. The van der Waals surface area contributed by atoms with E-state index in [4.69, 9.17) is 16.3 Å². The number of halogens is 1. The largest absolute Gasteiger partial charge is 0.448 e. The Hall–Kier alpha value is -1.34. The lowest BCUT2D eigenvalue weighted by Gasteiger charge is -2.35. The van der Waals surface area contributed by atoms with Gasteiger partial charge in [-0.2, -0.15) is 0 Å². The first-order chi connectivity index (χ1) is 11.8. The zero-order valence-corrected chi connectivity index (χ0v) is 16.5. The van der Waals surface area contributed by atoms with E-state index in [1.54, 1.807) is 13.2 Å². The van der Waals surface area contributed by atoms with Crippen LogP contribution in [0.5, 0.6) is 0 Å². The molecule has 1 fully saturated rings. The lowest BCUT2D eigenvalue weighted by atomic mass is 9.78. The van der Waals surface area contributed by atoms with Crippen LogP contribution in [0.25, 0.3) is 0 Å². The SMILES string of the molecule is CSc1ncc(Cl)c(C(=O)O[C@H](C)C(=O)N[C@@H]2CCC[C@H](C)[C@@H]2C)n1. The van der Waals surface area contributed by atoms with E-state index in [1.165, 1.54) is 24.4 Å². The van der Waals surface area contributed by atoms with Gasteiger partial charge in [-0.3, -0.25) is 4.79 Å². The number of amides is 1. The number of carbonyl (C=O) groups excluding carboxylic acids is 2. The van der Waals surface area contributed by atoms with Crippen molar-refractivity contribution < 1.29 is 14.3 Å². The molecule has 0 aromatic carbocycles. The van der Waals surface area contributed by atoms with Crippen LogP contribution in [-0.2, 0) is 9.53 Å². The molecule has 0 unspecified atom stereocenters. The van der Waals surface area contributed by atoms with E-state index in [1.807, 2.05) is 0 Å². The summed E-state index contributed by atoms with van der Waals surface area (Å²) < 4.78 is 5.25. The first kappa shape index (κ1) is 20.0. The lowest BCUT2D eigenvalue weighted by Crippen LogP contribution is -2.47. The van der Waals surface area contributed by atoms with Crippen molar-refractivity contribution >= 4 is 35.2 Å². The van der Waals surface area contributed by atoms with Gasteiger partial charge in [-0.25, -0.2) is 14.8 Å². The van der Waals surface area contributed by atoms with E-state index in [2.05, 4.69) is 29.1 Å². The predicted octanol–water partition coefficient (Wildman–Crippen LogP) is 3.34. The molecule has 2 rings (SSSR count). The maximum Gasteiger partial charge on any atom is 0.359 e. The summed E-state index contributed by atoms with van der Waals surface area (Å²) in [6.07, 6.45) is 5.46. The molecule has 25 heavy (non-hydrogen) atoms. The van der Waals surface area contributed by atoms with Crippen LogP contribution in [0.4, 0.5) is 0 Å². The molecule has 1 aliphatic carbocycles. The number of thioether (sulfide) groups is 1. The van der Waals surface area contributed by atoms with Crippen LogP contribution in [0, 0.1) is 11.8 Å². The fraction of sp³-hybridized carbons (Fsp3) is 0.647. The van der Waals surface area contributed by atoms with Crippen molar-refractivity contribution in [3.05, 3.63) is 16.9 Å². The van der Waals surface area contributed by atoms with Crippen molar-refractivity contribution in [2.45, 2.75) is 57.3 Å². The van der Waals surface area contributed by atoms with Crippen LogP contribution < -0.4 is 5.32 Å². The number of hydrogen-bond donors (Lipinski definition) is 1. The standard InChI is InChI=1S/C17H24ClN3O3S/c1-9-6-5-7-13(10(9)2)20-15(22)11(3)24-16(23)14-12(18)8-19-17(21-14)25-4/h8-11,13H,5-7H2,1-4H3,(H,20,22)/t9-,10-,11+,13+/m0/s1. The Bertz CT molecular complexity index is 644. The van der Waals surface area contributed by atoms with Gasteiger partial charge in [0.05, 0.1) is 11.2 Å². The van der Waals surface area contributed by atoms with Gasteiger partial charge in [-0.15, -0.1) is 0 Å². The number of nitrogens with zero attached hydrogens (tertiary/aromatic N) is 2. The van der Waals surface area contributed by atoms with Gasteiger partial charge in [0.1, 0.15) is 0 Å². The van der Waals surface area contributed by atoms with Crippen molar-refractivity contribution in [1.82, 2.24) is 15.3 Å². The number of ether oxygens (including phenoxy) is 1. The number of aromatic nitrogens is 2. The molecule has 0 aliphatic heterocycles. The smallest absolute Gasteiger partial charge is 0.359 e. The molecule has 0 spiro atoms. The Balaban J connectivity index is 1.97. The maximum absolute atomic E-state index is 12.4. The van der Waals surface area contributed by atoms with E-state index in [9.17, 15) is 9.59 Å². The summed E-state index contributed by atoms with van der Waals surface area (Å²) in [7, 11) is 0. The van der Waals surface area contributed by atoms with E-state index in [0.29, 0.717) is 17.0 Å². The zero-order chi connectivity index (χ0) is 18.6. The summed E-state index contributed by atoms with van der Waals surface area (Å²) in [6.45, 7) is 5.90. The predicted molar refractivity (Wildman–Crippen MR) is 97.8 cm³/mol. The van der Waals surface area contributed by atoms with Crippen molar-refractivity contribution in [2.24, 2.45) is 11.8 Å². The average molecular weight is 386 g/mol. The third kappa shape index (κ3) is 5.07. The maximum atomic E-state index is 12.4. The average Bonchev–Trinajstić information content (AvgIpc) is 2.59. The Kier molecular flexibility index (Phi) is 7.07. The highest BCUT2D eigenvalue weighted by molar-refractivity contribution is 7.98. The number of carbonyl (C=O) groups is 2. The lowest BCUT2D eigenvalue weighted by molar-refractivity contribution is -0.130. The molecule has 1 aliphatic rings. The minimum atomic E-state index is -0.916. The molecule has 0 saturated heterocycles. The highest BCUT2D eigenvalue weighted by atomic mass is 35.5. The van der Waals surface area contributed by atoms with E-state index < -0.39 is 12.1 Å². The highest BCUT2D eigenvalue weighted by Gasteiger charge is 2.30. The van der Waals surface area contributed by atoms with Gasteiger partial charge in [0, 0.05) is 6.04 Å². The van der Waals surface area contributed by atoms with Gasteiger partial charge in [0.2, 0.25) is 0 Å². The minimum Gasteiger partial charge on any atom is -0.448 e. The summed E-state index contributed by atoms with van der Waals surface area (Å²) >= 11 is 7.26. The Morgan fingerprint density at radius 1 is 1.40 bits per heavy atom. The summed E-state index contributed by atoms with van der Waals surface area (Å²) in [4.78, 5) is 32.7. The Labute approximate surface area is 157 Å². The van der Waals surface area contributed by atoms with Gasteiger partial charge in [-0.1, -0.05) is 50.1 Å². The summed E-state index contributed by atoms with van der Waals surface area (Å²) in [5.74, 6) is -0.0484. The second kappa shape index (κ2) is 8.85. The van der Waals surface area contributed by atoms with Crippen molar-refractivity contribution in [1.29, 1.82) is 0 Å².